The van der Waals surface area contributed by atoms with Crippen LogP contribution in [0, 0.1) is 13.8 Å². The molecule has 1 saturated heterocycles. The normalized spacial score (nSPS) is 16.1. The molecule has 0 amide bonds. The fourth-order valence-corrected chi connectivity index (χ4v) is 3.57. The Morgan fingerprint density at radius 2 is 1.79 bits per heavy atom. The standard InChI is InChI=1S/C19H29N5/c1-15-13-18(14-16(2)21-15)23-8-5-17(6-9-23)19-20-7-10-24(19)12-11-22(3)4/h7,10,13-14,17H,5-6,8-9,11-12H2,1-4H3. The van der Waals surface area contributed by atoms with Crippen LogP contribution in [0.1, 0.15) is 36.0 Å². The lowest BCUT2D eigenvalue weighted by Crippen LogP contribution is -2.34. The van der Waals surface area contributed by atoms with E-state index in [0.29, 0.717) is 5.92 Å². The lowest BCUT2D eigenvalue weighted by Gasteiger charge is -2.34. The highest BCUT2D eigenvalue weighted by Gasteiger charge is 2.24. The summed E-state index contributed by atoms with van der Waals surface area (Å²) in [6.45, 7) is 8.40. The summed E-state index contributed by atoms with van der Waals surface area (Å²) in [7, 11) is 4.24. The molecular weight excluding hydrogens is 298 g/mol. The van der Waals surface area contributed by atoms with Crippen LogP contribution in [0.15, 0.2) is 24.5 Å². The Balaban J connectivity index is 1.64. The zero-order valence-electron chi connectivity index (χ0n) is 15.4. The molecule has 2 aromatic rings. The largest absolute Gasteiger partial charge is 0.371 e. The zero-order chi connectivity index (χ0) is 17.1. The van der Waals surface area contributed by atoms with Crippen LogP contribution < -0.4 is 4.90 Å². The Bertz CT molecular complexity index is 648. The highest BCUT2D eigenvalue weighted by molar-refractivity contribution is 5.48. The number of hydrogen-bond acceptors (Lipinski definition) is 4. The Hall–Kier alpha value is -1.88. The molecule has 0 radical (unpaired) electrons. The van der Waals surface area contributed by atoms with E-state index in [4.69, 9.17) is 0 Å². The summed E-state index contributed by atoms with van der Waals surface area (Å²) in [6, 6.07) is 4.40. The first kappa shape index (κ1) is 17.0. The van der Waals surface area contributed by atoms with E-state index in [-0.39, 0.29) is 0 Å². The minimum absolute atomic E-state index is 0.572. The molecule has 0 spiro atoms. The van der Waals surface area contributed by atoms with Gasteiger partial charge in [0.1, 0.15) is 5.82 Å². The average molecular weight is 327 g/mol. The molecule has 0 aliphatic carbocycles. The van der Waals surface area contributed by atoms with Crippen LogP contribution in [0.25, 0.3) is 0 Å². The van der Waals surface area contributed by atoms with Gasteiger partial charge in [-0.15, -0.1) is 0 Å². The molecule has 1 aliphatic rings. The van der Waals surface area contributed by atoms with Crippen LogP contribution in [0.2, 0.25) is 0 Å². The second-order valence-corrected chi connectivity index (χ2v) is 7.15. The number of pyridine rings is 1. The number of rotatable bonds is 5. The lowest BCUT2D eigenvalue weighted by atomic mass is 9.95. The second-order valence-electron chi connectivity index (χ2n) is 7.15. The summed E-state index contributed by atoms with van der Waals surface area (Å²) >= 11 is 0. The van der Waals surface area contributed by atoms with E-state index in [1.807, 2.05) is 6.20 Å². The molecule has 0 unspecified atom stereocenters. The van der Waals surface area contributed by atoms with Gasteiger partial charge in [-0.3, -0.25) is 4.98 Å². The summed E-state index contributed by atoms with van der Waals surface area (Å²) in [5, 5.41) is 0. The first-order valence-corrected chi connectivity index (χ1v) is 8.89. The van der Waals surface area contributed by atoms with Crippen molar-refractivity contribution in [3.63, 3.8) is 0 Å². The maximum absolute atomic E-state index is 4.66. The van der Waals surface area contributed by atoms with Crippen molar-refractivity contribution in [2.24, 2.45) is 0 Å². The molecule has 1 aliphatic heterocycles. The topological polar surface area (TPSA) is 37.2 Å². The van der Waals surface area contributed by atoms with Gasteiger partial charge >= 0.3 is 0 Å². The van der Waals surface area contributed by atoms with E-state index in [1.54, 1.807) is 0 Å². The predicted octanol–water partition coefficient (Wildman–Crippen LogP) is 2.84. The van der Waals surface area contributed by atoms with Crippen molar-refractivity contribution in [1.82, 2.24) is 19.4 Å². The van der Waals surface area contributed by atoms with Gasteiger partial charge in [0.2, 0.25) is 0 Å². The van der Waals surface area contributed by atoms with Crippen molar-refractivity contribution in [3.8, 4) is 0 Å². The van der Waals surface area contributed by atoms with Crippen LogP contribution >= 0.6 is 0 Å². The molecule has 3 heterocycles. The average Bonchev–Trinajstić information content (AvgIpc) is 3.00. The highest BCUT2D eigenvalue weighted by atomic mass is 15.2. The molecule has 5 nitrogen and oxygen atoms in total. The first-order chi connectivity index (χ1) is 11.5. The Morgan fingerprint density at radius 3 is 2.42 bits per heavy atom. The number of anilines is 1. The summed E-state index contributed by atoms with van der Waals surface area (Å²) < 4.78 is 2.33. The quantitative estimate of drug-likeness (QED) is 0.846. The van der Waals surface area contributed by atoms with Crippen molar-refractivity contribution in [1.29, 1.82) is 0 Å². The minimum Gasteiger partial charge on any atom is -0.371 e. The molecular formula is C19H29N5. The number of hydrogen-bond donors (Lipinski definition) is 0. The maximum atomic E-state index is 4.66. The molecule has 130 valence electrons. The van der Waals surface area contributed by atoms with Gasteiger partial charge in [-0.2, -0.15) is 0 Å². The number of aromatic nitrogens is 3. The molecule has 0 N–H and O–H groups in total. The molecule has 0 atom stereocenters. The molecule has 0 bridgehead atoms. The van der Waals surface area contributed by atoms with E-state index < -0.39 is 0 Å². The third-order valence-electron chi connectivity index (χ3n) is 4.83. The SMILES string of the molecule is Cc1cc(N2CCC(c3nccn3CCN(C)C)CC2)cc(C)n1. The molecule has 0 saturated carbocycles. The molecule has 1 fully saturated rings. The summed E-state index contributed by atoms with van der Waals surface area (Å²) in [4.78, 5) is 13.9. The van der Waals surface area contributed by atoms with Gasteiger partial charge in [-0.05, 0) is 52.9 Å². The van der Waals surface area contributed by atoms with Gasteiger partial charge in [-0.25, -0.2) is 4.98 Å². The summed E-state index contributed by atoms with van der Waals surface area (Å²) in [5.41, 5.74) is 3.52. The lowest BCUT2D eigenvalue weighted by molar-refractivity contribution is 0.372. The van der Waals surface area contributed by atoms with E-state index in [1.165, 1.54) is 24.4 Å². The minimum atomic E-state index is 0.572. The zero-order valence-corrected chi connectivity index (χ0v) is 15.4. The predicted molar refractivity (Wildman–Crippen MR) is 98.7 cm³/mol. The van der Waals surface area contributed by atoms with Gasteiger partial charge in [0.25, 0.3) is 0 Å². The van der Waals surface area contributed by atoms with Crippen LogP contribution in [-0.4, -0.2) is 53.2 Å². The maximum Gasteiger partial charge on any atom is 0.111 e. The van der Waals surface area contributed by atoms with Crippen molar-refractivity contribution in [2.45, 2.75) is 39.2 Å². The van der Waals surface area contributed by atoms with E-state index in [0.717, 1.165) is 37.6 Å². The number of likely N-dealkylation sites (N-methyl/N-ethyl adjacent to an activating group) is 1. The van der Waals surface area contributed by atoms with Crippen molar-refractivity contribution >= 4 is 5.69 Å². The van der Waals surface area contributed by atoms with Gasteiger partial charge in [0, 0.05) is 61.6 Å². The van der Waals surface area contributed by atoms with E-state index >= 15 is 0 Å². The third-order valence-corrected chi connectivity index (χ3v) is 4.83. The van der Waals surface area contributed by atoms with Gasteiger partial charge in [0.05, 0.1) is 0 Å². The third kappa shape index (κ3) is 3.96. The fraction of sp³-hybridized carbons (Fsp3) is 0.579. The second kappa shape index (κ2) is 7.34. The fourth-order valence-electron chi connectivity index (χ4n) is 3.57. The summed E-state index contributed by atoms with van der Waals surface area (Å²) in [6.07, 6.45) is 6.41. The molecule has 2 aromatic heterocycles. The van der Waals surface area contributed by atoms with Gasteiger partial charge < -0.3 is 14.4 Å². The Labute approximate surface area is 145 Å². The smallest absolute Gasteiger partial charge is 0.111 e. The van der Waals surface area contributed by atoms with Crippen LogP contribution in [0.3, 0.4) is 0 Å². The monoisotopic (exact) mass is 327 g/mol. The van der Waals surface area contributed by atoms with Gasteiger partial charge in [0.15, 0.2) is 0 Å². The molecule has 3 rings (SSSR count). The highest BCUT2D eigenvalue weighted by Crippen LogP contribution is 2.30. The van der Waals surface area contributed by atoms with Crippen LogP contribution in [0.4, 0.5) is 5.69 Å². The Morgan fingerprint density at radius 1 is 1.12 bits per heavy atom. The Kier molecular flexibility index (Phi) is 5.19. The van der Waals surface area contributed by atoms with Crippen LogP contribution in [0.5, 0.6) is 0 Å². The summed E-state index contributed by atoms with van der Waals surface area (Å²) in [5.74, 6) is 1.83. The van der Waals surface area contributed by atoms with Crippen molar-refractivity contribution in [2.75, 3.05) is 38.6 Å². The van der Waals surface area contributed by atoms with Crippen molar-refractivity contribution < 1.29 is 0 Å². The number of aryl methyl sites for hydroxylation is 2. The molecule has 24 heavy (non-hydrogen) atoms. The van der Waals surface area contributed by atoms with Crippen molar-refractivity contribution in [3.05, 3.63) is 41.7 Å². The molecule has 5 heteroatoms. The van der Waals surface area contributed by atoms with Gasteiger partial charge in [-0.1, -0.05) is 0 Å². The molecule has 0 aromatic carbocycles. The van der Waals surface area contributed by atoms with E-state index in [9.17, 15) is 0 Å². The number of nitrogens with zero attached hydrogens (tertiary/aromatic N) is 5. The first-order valence-electron chi connectivity index (χ1n) is 8.89. The number of imidazole rings is 1. The van der Waals surface area contributed by atoms with E-state index in [2.05, 4.69) is 70.6 Å². The van der Waals surface area contributed by atoms with Crippen LogP contribution in [-0.2, 0) is 6.54 Å². The number of piperidine rings is 1.